The Balaban J connectivity index is 1.85. The van der Waals surface area contributed by atoms with Gasteiger partial charge in [0.25, 0.3) is 0 Å². The van der Waals surface area contributed by atoms with E-state index in [0.717, 1.165) is 38.3 Å². The van der Waals surface area contributed by atoms with Crippen molar-refractivity contribution in [2.45, 2.75) is 58.4 Å². The Morgan fingerprint density at radius 1 is 1.05 bits per heavy atom. The van der Waals surface area contributed by atoms with Crippen LogP contribution in [0.1, 0.15) is 51.5 Å². The van der Waals surface area contributed by atoms with E-state index in [-0.39, 0.29) is 30.5 Å². The van der Waals surface area contributed by atoms with Crippen LogP contribution in [0.15, 0.2) is 35.8 Å². The highest BCUT2D eigenvalue weighted by molar-refractivity contribution is 5.87. The minimum atomic E-state index is -1.12. The number of aliphatic carboxylic acids is 1. The summed E-state index contributed by atoms with van der Waals surface area (Å²) in [6, 6.07) is 5.27. The number of carboxylic acids is 1. The second-order valence-electron chi connectivity index (χ2n) is 10.3. The first-order valence-electron chi connectivity index (χ1n) is 14.6. The van der Waals surface area contributed by atoms with Crippen molar-refractivity contribution in [2.24, 2.45) is 0 Å². The summed E-state index contributed by atoms with van der Waals surface area (Å²) in [4.78, 5) is 43.0. The monoisotopic (exact) mass is 581 g/mol. The Kier molecular flexibility index (Phi) is 12.5. The fourth-order valence-electron chi connectivity index (χ4n) is 4.96. The van der Waals surface area contributed by atoms with E-state index in [2.05, 4.69) is 16.7 Å². The van der Waals surface area contributed by atoms with Crippen LogP contribution in [-0.2, 0) is 11.2 Å². The average molecular weight is 582 g/mol. The van der Waals surface area contributed by atoms with Gasteiger partial charge in [-0.1, -0.05) is 31.9 Å². The highest BCUT2D eigenvalue weighted by atomic mass is 16.6. The summed E-state index contributed by atoms with van der Waals surface area (Å²) in [5, 5.41) is 23.2. The first-order chi connectivity index (χ1) is 20.3. The van der Waals surface area contributed by atoms with Crippen LogP contribution in [-0.4, -0.2) is 101 Å². The Morgan fingerprint density at radius 3 is 2.19 bits per heavy atom. The van der Waals surface area contributed by atoms with E-state index in [1.165, 1.54) is 4.90 Å². The van der Waals surface area contributed by atoms with Crippen LogP contribution in [0.3, 0.4) is 0 Å². The molecule has 2 fully saturated rings. The molecule has 2 saturated heterocycles. The van der Waals surface area contributed by atoms with E-state index < -0.39 is 18.1 Å². The second kappa shape index (κ2) is 16.3. The molecule has 1 unspecified atom stereocenters. The lowest BCUT2D eigenvalue weighted by Crippen LogP contribution is -2.51. The third-order valence-corrected chi connectivity index (χ3v) is 7.37. The van der Waals surface area contributed by atoms with Crippen molar-refractivity contribution < 1.29 is 24.2 Å². The normalized spacial score (nSPS) is 16.2. The number of allylic oxidation sites excluding steroid dienone is 1. The molecule has 0 bridgehead atoms. The summed E-state index contributed by atoms with van der Waals surface area (Å²) in [5.74, 6) is 1.96. The van der Waals surface area contributed by atoms with Gasteiger partial charge in [-0.05, 0) is 49.8 Å². The van der Waals surface area contributed by atoms with Gasteiger partial charge in [0.2, 0.25) is 0 Å². The SMILES string of the molecule is C#CCN(C(=O)N1CCCCC1)/C(C=N)=C(\NC(Cc1ccc(OC(=O)N2CCCC2)cc1)C(=O)O)NN(CC)CC. The predicted molar refractivity (Wildman–Crippen MR) is 160 cm³/mol. The van der Waals surface area contributed by atoms with Crippen molar-refractivity contribution in [2.75, 3.05) is 45.8 Å². The summed E-state index contributed by atoms with van der Waals surface area (Å²) in [7, 11) is 0. The standard InChI is InChI=1S/C30H43N7O5/c1-4-16-37(29(40)34-17-8-7-9-18-34)26(22-31)27(33-36(5-2)6-3)32-25(28(38)39)21-23-12-14-24(15-13-23)42-30(41)35-19-10-11-20-35/h1,12-15,22,25,31-33H,5-11,16-21H2,2-3H3,(H,38,39)/b27-26+,31-22?. The van der Waals surface area contributed by atoms with Gasteiger partial charge in [-0.25, -0.2) is 19.4 Å². The summed E-state index contributed by atoms with van der Waals surface area (Å²) in [5.41, 5.74) is 4.01. The van der Waals surface area contributed by atoms with E-state index in [1.807, 2.05) is 18.9 Å². The van der Waals surface area contributed by atoms with Crippen LogP contribution >= 0.6 is 0 Å². The van der Waals surface area contributed by atoms with E-state index in [4.69, 9.17) is 16.6 Å². The maximum atomic E-state index is 13.5. The number of rotatable bonds is 13. The van der Waals surface area contributed by atoms with Gasteiger partial charge >= 0.3 is 18.1 Å². The second-order valence-corrected chi connectivity index (χ2v) is 10.3. The summed E-state index contributed by atoms with van der Waals surface area (Å²) in [6.45, 7) is 7.50. The quantitative estimate of drug-likeness (QED) is 0.158. The van der Waals surface area contributed by atoms with E-state index in [9.17, 15) is 19.5 Å². The third kappa shape index (κ3) is 8.88. The molecule has 0 aromatic heterocycles. The number of nitrogens with zero attached hydrogens (tertiary/aromatic N) is 4. The van der Waals surface area contributed by atoms with Crippen molar-refractivity contribution in [1.29, 1.82) is 5.41 Å². The zero-order valence-corrected chi connectivity index (χ0v) is 24.6. The maximum absolute atomic E-state index is 13.5. The molecule has 3 rings (SSSR count). The maximum Gasteiger partial charge on any atom is 0.415 e. The molecule has 0 saturated carbocycles. The molecule has 228 valence electrons. The number of hydrazine groups is 1. The molecule has 0 spiro atoms. The van der Waals surface area contributed by atoms with Gasteiger partial charge in [-0.2, -0.15) is 0 Å². The molecule has 3 amide bonds. The first kappa shape index (κ1) is 32.3. The van der Waals surface area contributed by atoms with E-state index >= 15 is 0 Å². The third-order valence-electron chi connectivity index (χ3n) is 7.37. The Morgan fingerprint density at radius 2 is 1.64 bits per heavy atom. The molecular formula is C30H43N7O5. The zero-order chi connectivity index (χ0) is 30.5. The van der Waals surface area contributed by atoms with Crippen molar-refractivity contribution in [1.82, 2.24) is 30.5 Å². The number of ether oxygens (including phenoxy) is 1. The van der Waals surface area contributed by atoms with Gasteiger partial charge in [0.15, 0.2) is 0 Å². The lowest BCUT2D eigenvalue weighted by atomic mass is 10.1. The molecule has 1 aromatic rings. The molecule has 1 atom stereocenters. The Bertz CT molecular complexity index is 1150. The average Bonchev–Trinajstić information content (AvgIpc) is 3.55. The number of carbonyl (C=O) groups is 3. The van der Waals surface area contributed by atoms with Gasteiger partial charge in [-0.3, -0.25) is 4.90 Å². The summed E-state index contributed by atoms with van der Waals surface area (Å²) >= 11 is 0. The molecule has 0 radical (unpaired) electrons. The number of hydrogen-bond acceptors (Lipinski definition) is 8. The molecule has 0 aliphatic carbocycles. The number of carbonyl (C=O) groups excluding carboxylic acids is 2. The number of terminal acetylenes is 1. The number of amides is 3. The van der Waals surface area contributed by atoms with Gasteiger partial charge in [0.1, 0.15) is 23.3 Å². The number of hydrogen-bond donors (Lipinski definition) is 4. The van der Waals surface area contributed by atoms with Gasteiger partial charge in [0, 0.05) is 51.9 Å². The largest absolute Gasteiger partial charge is 0.480 e. The molecule has 1 aromatic carbocycles. The summed E-state index contributed by atoms with van der Waals surface area (Å²) in [6.07, 6.45) is 11.1. The minimum Gasteiger partial charge on any atom is -0.480 e. The highest BCUT2D eigenvalue weighted by Crippen LogP contribution is 2.19. The molecule has 12 nitrogen and oxygen atoms in total. The van der Waals surface area contributed by atoms with Gasteiger partial charge < -0.3 is 35.8 Å². The van der Waals surface area contributed by atoms with Crippen LogP contribution in [0.2, 0.25) is 0 Å². The first-order valence-corrected chi connectivity index (χ1v) is 14.6. The molecule has 42 heavy (non-hydrogen) atoms. The van der Waals surface area contributed by atoms with Crippen LogP contribution < -0.4 is 15.5 Å². The Hall–Kier alpha value is -4.24. The fraction of sp³-hybridized carbons (Fsp3) is 0.533. The van der Waals surface area contributed by atoms with Crippen molar-refractivity contribution in [3.63, 3.8) is 0 Å². The predicted octanol–water partition coefficient (Wildman–Crippen LogP) is 3.07. The van der Waals surface area contributed by atoms with Crippen LogP contribution in [0.5, 0.6) is 5.75 Å². The minimum absolute atomic E-state index is 0.0828. The number of urea groups is 1. The fourth-order valence-corrected chi connectivity index (χ4v) is 4.96. The lowest BCUT2D eigenvalue weighted by molar-refractivity contribution is -0.139. The number of piperidine rings is 1. The van der Waals surface area contributed by atoms with Crippen molar-refractivity contribution >= 4 is 24.3 Å². The number of likely N-dealkylation sites (tertiary alicyclic amines) is 2. The molecule has 2 aliphatic heterocycles. The van der Waals surface area contributed by atoms with Crippen LogP contribution in [0.25, 0.3) is 0 Å². The van der Waals surface area contributed by atoms with Crippen LogP contribution in [0, 0.1) is 17.8 Å². The van der Waals surface area contributed by atoms with Gasteiger partial charge in [0.05, 0.1) is 6.54 Å². The van der Waals surface area contributed by atoms with Crippen LogP contribution in [0.4, 0.5) is 9.59 Å². The van der Waals surface area contributed by atoms with E-state index in [0.29, 0.717) is 50.6 Å². The van der Waals surface area contributed by atoms with E-state index in [1.54, 1.807) is 34.1 Å². The smallest absolute Gasteiger partial charge is 0.415 e. The zero-order valence-electron chi connectivity index (χ0n) is 24.6. The lowest BCUT2D eigenvalue weighted by Gasteiger charge is -2.34. The Labute approximate surface area is 248 Å². The van der Waals surface area contributed by atoms with Gasteiger partial charge in [-0.15, -0.1) is 6.42 Å². The molecule has 4 N–H and O–H groups in total. The summed E-state index contributed by atoms with van der Waals surface area (Å²) < 4.78 is 5.46. The molecular weight excluding hydrogens is 538 g/mol. The number of nitrogens with one attached hydrogen (secondary N) is 3. The van der Waals surface area contributed by atoms with Crippen molar-refractivity contribution in [3.8, 4) is 18.1 Å². The van der Waals surface area contributed by atoms with Crippen molar-refractivity contribution in [3.05, 3.63) is 41.3 Å². The number of carboxylic acid groups (broad SMARTS) is 1. The topological polar surface area (TPSA) is 142 Å². The highest BCUT2D eigenvalue weighted by Gasteiger charge is 2.29. The molecule has 12 heteroatoms. The molecule has 2 heterocycles. The molecule has 2 aliphatic rings. The number of benzene rings is 1.